The maximum absolute atomic E-state index is 12.3. The first kappa shape index (κ1) is 44.8. The van der Waals surface area contributed by atoms with Crippen molar-refractivity contribution in [1.82, 2.24) is 5.32 Å². The molecule has 0 aromatic carbocycles. The zero-order valence-corrected chi connectivity index (χ0v) is 30.7. The summed E-state index contributed by atoms with van der Waals surface area (Å²) in [4.78, 5) is 12.3. The molecule has 0 aliphatic rings. The number of aliphatic hydroxyl groups excluding tert-OH is 3. The Bertz CT molecular complexity index is 679. The van der Waals surface area contributed by atoms with Crippen LogP contribution in [0.25, 0.3) is 0 Å². The summed E-state index contributed by atoms with van der Waals surface area (Å²) in [6.07, 6.45) is 43.2. The molecule has 0 fully saturated rings. The summed E-state index contributed by atoms with van der Waals surface area (Å²) < 4.78 is 0. The van der Waals surface area contributed by atoms with E-state index in [-0.39, 0.29) is 12.5 Å². The standard InChI is InChI=1S/C41H79NO4/c1-3-5-7-9-11-13-14-15-16-17-18-19-20-21-22-23-24-25-26-27-28-30-32-34-36-40(45)42-38(37-43)41(46)39(44)35-33-31-29-12-10-8-6-4-2/h4,6,12,29,38-39,41,43-44,46H,3,5,7-11,13-28,30-37H2,1-2H3,(H,42,45)/b6-4+,29-12+. The molecule has 0 aromatic heterocycles. The second kappa shape index (κ2) is 36.7. The monoisotopic (exact) mass is 650 g/mol. The highest BCUT2D eigenvalue weighted by molar-refractivity contribution is 5.76. The summed E-state index contributed by atoms with van der Waals surface area (Å²) in [5.74, 6) is -0.159. The number of aliphatic hydroxyl groups is 3. The summed E-state index contributed by atoms with van der Waals surface area (Å²) in [6, 6.07) is -0.826. The van der Waals surface area contributed by atoms with Gasteiger partial charge >= 0.3 is 0 Å². The number of unbranched alkanes of at least 4 members (excludes halogenated alkanes) is 25. The normalized spacial score (nSPS) is 13.9. The zero-order chi connectivity index (χ0) is 33.8. The topological polar surface area (TPSA) is 89.8 Å². The summed E-state index contributed by atoms with van der Waals surface area (Å²) in [5, 5.41) is 33.2. The van der Waals surface area contributed by atoms with Crippen molar-refractivity contribution in [2.75, 3.05) is 6.61 Å². The lowest BCUT2D eigenvalue weighted by atomic mass is 10.0. The lowest BCUT2D eigenvalue weighted by molar-refractivity contribution is -0.124. The third-order valence-corrected chi connectivity index (χ3v) is 9.38. The van der Waals surface area contributed by atoms with Crippen LogP contribution in [-0.2, 0) is 4.79 Å². The summed E-state index contributed by atoms with van der Waals surface area (Å²) in [6.45, 7) is 3.93. The highest BCUT2D eigenvalue weighted by Gasteiger charge is 2.26. The third-order valence-electron chi connectivity index (χ3n) is 9.38. The van der Waals surface area contributed by atoms with Gasteiger partial charge in [-0.3, -0.25) is 4.79 Å². The Balaban J connectivity index is 3.52. The predicted octanol–water partition coefficient (Wildman–Crippen LogP) is 11.0. The third kappa shape index (κ3) is 31.4. The maximum atomic E-state index is 12.3. The molecule has 0 aliphatic carbocycles. The van der Waals surface area contributed by atoms with Crippen molar-refractivity contribution >= 4 is 5.91 Å². The van der Waals surface area contributed by atoms with Crippen LogP contribution >= 0.6 is 0 Å². The van der Waals surface area contributed by atoms with Crippen LogP contribution in [0.3, 0.4) is 0 Å². The Morgan fingerprint density at radius 2 is 0.957 bits per heavy atom. The quantitative estimate of drug-likeness (QED) is 0.0401. The summed E-state index contributed by atoms with van der Waals surface area (Å²) >= 11 is 0. The van der Waals surface area contributed by atoms with Crippen molar-refractivity contribution in [2.24, 2.45) is 0 Å². The van der Waals surface area contributed by atoms with Gasteiger partial charge in [0.2, 0.25) is 5.91 Å². The molecule has 0 spiro atoms. The summed E-state index contributed by atoms with van der Waals surface area (Å²) in [5.41, 5.74) is 0. The van der Waals surface area contributed by atoms with Crippen molar-refractivity contribution in [2.45, 2.75) is 225 Å². The average Bonchev–Trinajstić information content (AvgIpc) is 3.06. The van der Waals surface area contributed by atoms with Crippen LogP contribution in [0, 0.1) is 0 Å². The van der Waals surface area contributed by atoms with Crippen molar-refractivity contribution in [3.05, 3.63) is 24.3 Å². The van der Waals surface area contributed by atoms with Gasteiger partial charge < -0.3 is 20.6 Å². The second-order valence-electron chi connectivity index (χ2n) is 13.8. The van der Waals surface area contributed by atoms with Crippen molar-refractivity contribution in [3.63, 3.8) is 0 Å². The molecule has 0 aromatic rings. The Labute approximate surface area is 286 Å². The highest BCUT2D eigenvalue weighted by Crippen LogP contribution is 2.16. The number of carbonyl (C=O) groups excluding carboxylic acids is 1. The largest absolute Gasteiger partial charge is 0.394 e. The molecule has 0 saturated heterocycles. The average molecular weight is 650 g/mol. The lowest BCUT2D eigenvalue weighted by Crippen LogP contribution is -2.50. The van der Waals surface area contributed by atoms with Crippen LogP contribution in [0.5, 0.6) is 0 Å². The van der Waals surface area contributed by atoms with Gasteiger partial charge in [0.05, 0.1) is 18.8 Å². The van der Waals surface area contributed by atoms with Gasteiger partial charge in [0.25, 0.3) is 0 Å². The van der Waals surface area contributed by atoms with E-state index in [4.69, 9.17) is 0 Å². The second-order valence-corrected chi connectivity index (χ2v) is 13.8. The molecule has 3 unspecified atom stereocenters. The number of carbonyl (C=O) groups is 1. The van der Waals surface area contributed by atoms with E-state index in [9.17, 15) is 20.1 Å². The molecule has 1 amide bonds. The fourth-order valence-corrected chi connectivity index (χ4v) is 6.24. The van der Waals surface area contributed by atoms with Crippen LogP contribution < -0.4 is 5.32 Å². The SMILES string of the molecule is C/C=C/CC/C=C/CCCC(O)C(O)C(CO)NC(=O)CCCCCCCCCCCCCCCCCCCCCCCCCC. The Hall–Kier alpha value is -1.17. The number of nitrogens with one attached hydrogen (secondary N) is 1. The van der Waals surface area contributed by atoms with E-state index in [1.54, 1.807) is 0 Å². The van der Waals surface area contributed by atoms with Gasteiger partial charge in [-0.2, -0.15) is 0 Å². The minimum absolute atomic E-state index is 0.159. The molecule has 0 aliphatic heterocycles. The fourth-order valence-electron chi connectivity index (χ4n) is 6.24. The van der Waals surface area contributed by atoms with Gasteiger partial charge in [-0.1, -0.05) is 179 Å². The van der Waals surface area contributed by atoms with Crippen LogP contribution in [0.4, 0.5) is 0 Å². The first-order chi connectivity index (χ1) is 22.6. The molecule has 4 N–H and O–H groups in total. The molecule has 46 heavy (non-hydrogen) atoms. The van der Waals surface area contributed by atoms with E-state index < -0.39 is 18.2 Å². The molecule has 3 atom stereocenters. The summed E-state index contributed by atoms with van der Waals surface area (Å²) in [7, 11) is 0. The molecule has 0 heterocycles. The van der Waals surface area contributed by atoms with Crippen LogP contribution in [-0.4, -0.2) is 46.1 Å². The van der Waals surface area contributed by atoms with Crippen molar-refractivity contribution in [3.8, 4) is 0 Å². The molecule has 0 radical (unpaired) electrons. The molecule has 0 saturated carbocycles. The zero-order valence-electron chi connectivity index (χ0n) is 30.7. The molecule has 5 nitrogen and oxygen atoms in total. The Morgan fingerprint density at radius 3 is 1.37 bits per heavy atom. The van der Waals surface area contributed by atoms with Crippen molar-refractivity contribution in [1.29, 1.82) is 0 Å². The number of hydrogen-bond acceptors (Lipinski definition) is 4. The molecule has 5 heteroatoms. The first-order valence-corrected chi connectivity index (χ1v) is 20.1. The Kier molecular flexibility index (Phi) is 35.7. The van der Waals surface area contributed by atoms with Gasteiger partial charge in [0, 0.05) is 6.42 Å². The smallest absolute Gasteiger partial charge is 0.220 e. The van der Waals surface area contributed by atoms with E-state index in [1.807, 2.05) is 13.0 Å². The number of allylic oxidation sites excluding steroid dienone is 4. The molecular formula is C41H79NO4. The molecular weight excluding hydrogens is 570 g/mol. The van der Waals surface area contributed by atoms with Gasteiger partial charge in [-0.25, -0.2) is 0 Å². The number of rotatable bonds is 36. The van der Waals surface area contributed by atoms with Gasteiger partial charge in [-0.05, 0) is 45.4 Å². The highest BCUT2D eigenvalue weighted by atomic mass is 16.3. The van der Waals surface area contributed by atoms with E-state index >= 15 is 0 Å². The fraction of sp³-hybridized carbons (Fsp3) is 0.878. The van der Waals surface area contributed by atoms with Crippen LogP contribution in [0.2, 0.25) is 0 Å². The van der Waals surface area contributed by atoms with Crippen LogP contribution in [0.1, 0.15) is 206 Å². The minimum Gasteiger partial charge on any atom is -0.394 e. The molecule has 272 valence electrons. The Morgan fingerprint density at radius 1 is 0.565 bits per heavy atom. The van der Waals surface area contributed by atoms with E-state index in [1.165, 1.54) is 135 Å². The van der Waals surface area contributed by atoms with Gasteiger partial charge in [0.1, 0.15) is 6.10 Å². The van der Waals surface area contributed by atoms with Crippen LogP contribution in [0.15, 0.2) is 24.3 Å². The van der Waals surface area contributed by atoms with E-state index in [2.05, 4.69) is 30.5 Å². The molecule has 0 bridgehead atoms. The minimum atomic E-state index is -1.16. The van der Waals surface area contributed by atoms with E-state index in [0.717, 1.165) is 44.9 Å². The number of hydrogen-bond donors (Lipinski definition) is 4. The first-order valence-electron chi connectivity index (χ1n) is 20.1. The predicted molar refractivity (Wildman–Crippen MR) is 199 cm³/mol. The lowest BCUT2D eigenvalue weighted by Gasteiger charge is -2.26. The number of amides is 1. The maximum Gasteiger partial charge on any atom is 0.220 e. The van der Waals surface area contributed by atoms with E-state index in [0.29, 0.717) is 12.8 Å². The van der Waals surface area contributed by atoms with Gasteiger partial charge in [-0.15, -0.1) is 0 Å². The van der Waals surface area contributed by atoms with Gasteiger partial charge in [0.15, 0.2) is 0 Å². The molecule has 0 rings (SSSR count). The van der Waals surface area contributed by atoms with Crippen molar-refractivity contribution < 1.29 is 20.1 Å².